The Hall–Kier alpha value is -15.5. The van der Waals surface area contributed by atoms with Crippen molar-refractivity contribution in [2.75, 3.05) is 0 Å². The number of pyridine rings is 3. The van der Waals surface area contributed by atoms with Crippen LogP contribution in [-0.4, -0.2) is 42.0 Å². The molecule has 0 N–H and O–H groups in total. The molecule has 0 amide bonds. The molecule has 0 saturated carbocycles. The number of nitrogens with zero attached hydrogens (tertiary/aromatic N) is 9. The zero-order valence-electron chi connectivity index (χ0n) is 61.4. The van der Waals surface area contributed by atoms with Gasteiger partial charge in [-0.25, -0.2) is 15.0 Å². The van der Waals surface area contributed by atoms with Gasteiger partial charge in [-0.15, -0.1) is 0 Å². The van der Waals surface area contributed by atoms with Gasteiger partial charge in [-0.3, -0.25) is 13.7 Å². The van der Waals surface area contributed by atoms with Gasteiger partial charge < -0.3 is 13.4 Å². The van der Waals surface area contributed by atoms with Gasteiger partial charge in [0.25, 0.3) is 0 Å². The third kappa shape index (κ3) is 9.02. The summed E-state index contributed by atoms with van der Waals surface area (Å²) in [5.41, 5.74) is 26.3. The smallest absolute Gasteiger partial charge is 0.138 e. The number of benzene rings is 15. The molecule has 11 heterocycles. The average Bonchev–Trinajstić information content (AvgIpc) is 1.55. The van der Waals surface area contributed by atoms with E-state index in [0.717, 1.165) is 95.4 Å². The molecule has 0 aliphatic heterocycles. The summed E-state index contributed by atoms with van der Waals surface area (Å²) in [5, 5.41) is 20.0. The van der Waals surface area contributed by atoms with Gasteiger partial charge in [-0.05, 0) is 145 Å². The van der Waals surface area contributed by atoms with Gasteiger partial charge in [0.2, 0.25) is 0 Å². The maximum absolute atomic E-state index is 5.38. The van der Waals surface area contributed by atoms with Crippen LogP contribution in [0.4, 0.5) is 0 Å². The fourth-order valence-corrected chi connectivity index (χ4v) is 19.3. The van der Waals surface area contributed by atoms with Crippen molar-refractivity contribution >= 4 is 163 Å². The number of rotatable bonds is 8. The zero-order valence-corrected chi connectivity index (χ0v) is 61.4. The first-order valence-corrected chi connectivity index (χ1v) is 39.0. The number of para-hydroxylation sites is 10. The maximum atomic E-state index is 5.38. The molecule has 0 unspecified atom stereocenters. The van der Waals surface area contributed by atoms with Crippen molar-refractivity contribution in [3.05, 3.63) is 382 Å². The van der Waals surface area contributed by atoms with Gasteiger partial charge in [-0.2, -0.15) is 0 Å². The summed E-state index contributed by atoms with van der Waals surface area (Å²) < 4.78 is 14.1. The fourth-order valence-electron chi connectivity index (χ4n) is 19.3. The van der Waals surface area contributed by atoms with Crippen molar-refractivity contribution in [2.24, 2.45) is 0 Å². The monoisotopic (exact) mass is 1450 g/mol. The molecule has 528 valence electrons. The molecule has 0 fully saturated rings. The van der Waals surface area contributed by atoms with Crippen molar-refractivity contribution in [1.82, 2.24) is 42.0 Å². The predicted molar refractivity (Wildman–Crippen MR) is 475 cm³/mol. The molecule has 9 heteroatoms. The van der Waals surface area contributed by atoms with Crippen molar-refractivity contribution in [1.29, 1.82) is 0 Å². The third-order valence-electron chi connectivity index (χ3n) is 24.2. The van der Waals surface area contributed by atoms with Crippen LogP contribution in [0.3, 0.4) is 0 Å². The normalized spacial score (nSPS) is 12.2. The molecule has 0 atom stereocenters. The number of hydrogen-bond donors (Lipinski definition) is 0. The molecule has 11 aromatic heterocycles. The van der Waals surface area contributed by atoms with Gasteiger partial charge in [0.05, 0.1) is 94.3 Å². The lowest BCUT2D eigenvalue weighted by atomic mass is 10.0. The number of aromatic nitrogens is 9. The molecule has 0 bridgehead atoms. The minimum Gasteiger partial charge on any atom is -0.309 e. The summed E-state index contributed by atoms with van der Waals surface area (Å²) in [6.07, 6.45) is 0. The summed E-state index contributed by atoms with van der Waals surface area (Å²) in [7, 11) is 0. The molecule has 0 aliphatic carbocycles. The first-order chi connectivity index (χ1) is 56.6. The van der Waals surface area contributed by atoms with E-state index in [9.17, 15) is 0 Å². The van der Waals surface area contributed by atoms with E-state index in [1.807, 2.05) is 0 Å². The van der Waals surface area contributed by atoms with Crippen molar-refractivity contribution in [2.45, 2.75) is 0 Å². The standard InChI is InChI=1S/C53H32N4.C52H31N5/c1-5-21-46-37(14-1)38-15-2-6-22-47(38)55(46)36-13-9-12-33(30-36)34-27-29-50-44(31-34)40-17-4-7-23-48(40)56(50)52-25-11-20-45(54-52)35-26-28-41-43-19-10-18-42-39-16-3-8-24-49(39)57(53(42)43)51(41)32-35;1-5-20-44-34(12-1)35-13-2-6-21-45(35)55(44)50-24-10-18-42(53-50)32-27-29-48-41(30-32)37-15-4-7-22-46(37)56(48)51-25-11-19-43(54-51)33-26-28-38-40-17-9-16-39-36-14-3-8-23-47(36)57(52(39)40)49(38)31-33/h1-32H;1-31H. The minimum atomic E-state index is 0.885. The Morgan fingerprint density at radius 3 is 0.807 bits per heavy atom. The molecular formula is C105H63N9. The van der Waals surface area contributed by atoms with Gasteiger partial charge in [0.1, 0.15) is 17.5 Å². The highest BCUT2D eigenvalue weighted by Crippen LogP contribution is 2.45. The highest BCUT2D eigenvalue weighted by molar-refractivity contribution is 6.25. The second-order valence-electron chi connectivity index (χ2n) is 30.2. The van der Waals surface area contributed by atoms with Gasteiger partial charge >= 0.3 is 0 Å². The largest absolute Gasteiger partial charge is 0.309 e. The number of fused-ring (bicyclic) bond motifs is 24. The second kappa shape index (κ2) is 24.0. The Bertz CT molecular complexity index is 7920. The lowest BCUT2D eigenvalue weighted by molar-refractivity contribution is 1.08. The molecule has 26 rings (SSSR count). The molecule has 26 aromatic rings. The van der Waals surface area contributed by atoms with Gasteiger partial charge in [-0.1, -0.05) is 249 Å². The van der Waals surface area contributed by atoms with Gasteiger partial charge in [0.15, 0.2) is 0 Å². The Morgan fingerprint density at radius 1 is 0.149 bits per heavy atom. The van der Waals surface area contributed by atoms with E-state index in [1.165, 1.54) is 136 Å². The van der Waals surface area contributed by atoms with E-state index in [0.29, 0.717) is 0 Å². The van der Waals surface area contributed by atoms with Crippen LogP contribution in [0.25, 0.3) is 231 Å². The first kappa shape index (κ1) is 62.4. The van der Waals surface area contributed by atoms with Crippen LogP contribution < -0.4 is 0 Å². The van der Waals surface area contributed by atoms with E-state index in [1.54, 1.807) is 0 Å². The summed E-state index contributed by atoms with van der Waals surface area (Å²) in [5.74, 6) is 2.69. The molecule has 0 aliphatic rings. The summed E-state index contributed by atoms with van der Waals surface area (Å²) >= 11 is 0. The van der Waals surface area contributed by atoms with Crippen LogP contribution >= 0.6 is 0 Å². The zero-order chi connectivity index (χ0) is 74.4. The molecule has 0 saturated heterocycles. The molecule has 0 spiro atoms. The summed E-state index contributed by atoms with van der Waals surface area (Å²) in [4.78, 5) is 16.0. The summed E-state index contributed by atoms with van der Waals surface area (Å²) in [6, 6.07) is 138. The van der Waals surface area contributed by atoms with E-state index >= 15 is 0 Å². The highest BCUT2D eigenvalue weighted by Gasteiger charge is 2.24. The van der Waals surface area contributed by atoms with Gasteiger partial charge in [0, 0.05) is 109 Å². The average molecular weight is 1450 g/mol. The van der Waals surface area contributed by atoms with E-state index in [2.05, 4.69) is 409 Å². The third-order valence-corrected chi connectivity index (χ3v) is 24.2. The molecule has 9 nitrogen and oxygen atoms in total. The number of hydrogen-bond acceptors (Lipinski definition) is 3. The van der Waals surface area contributed by atoms with Crippen LogP contribution in [0.1, 0.15) is 0 Å². The van der Waals surface area contributed by atoms with E-state index in [-0.39, 0.29) is 0 Å². The molecule has 114 heavy (non-hydrogen) atoms. The highest BCUT2D eigenvalue weighted by atomic mass is 15.1. The van der Waals surface area contributed by atoms with Crippen LogP contribution in [0, 0.1) is 0 Å². The second-order valence-corrected chi connectivity index (χ2v) is 30.2. The quantitative estimate of drug-likeness (QED) is 0.152. The lowest BCUT2D eigenvalue weighted by Crippen LogP contribution is -1.99. The van der Waals surface area contributed by atoms with Crippen molar-refractivity contribution in [3.63, 3.8) is 0 Å². The molecule has 15 aromatic carbocycles. The van der Waals surface area contributed by atoms with Crippen LogP contribution in [0.15, 0.2) is 382 Å². The van der Waals surface area contributed by atoms with Crippen LogP contribution in [0.2, 0.25) is 0 Å². The Morgan fingerprint density at radius 2 is 0.412 bits per heavy atom. The minimum absolute atomic E-state index is 0.885. The fraction of sp³-hybridized carbons (Fsp3) is 0. The SMILES string of the molecule is c1cc(-c2ccc3c(c2)c2ccccc2n3-c2cccc(-c3ccc4c5cccc6c7ccccc7n(c4c3)c65)n2)cc(-n2c3ccccc3c3ccccc32)c1.c1cc(-c2ccc3c(c2)c2ccccc2n3-c2cccc(-c3ccc4c5cccc6c7ccccc7n(c4c3)c65)n2)nc(-n2c3ccccc3c3ccccc32)c1. The van der Waals surface area contributed by atoms with Crippen LogP contribution in [-0.2, 0) is 0 Å². The molecule has 0 radical (unpaired) electrons. The predicted octanol–water partition coefficient (Wildman–Crippen LogP) is 26.9. The van der Waals surface area contributed by atoms with Crippen LogP contribution in [0.5, 0.6) is 0 Å². The molecular weight excluding hydrogens is 1390 g/mol. The lowest BCUT2D eigenvalue weighted by Gasteiger charge is -2.11. The van der Waals surface area contributed by atoms with Crippen molar-refractivity contribution < 1.29 is 0 Å². The van der Waals surface area contributed by atoms with E-state index < -0.39 is 0 Å². The topological polar surface area (TPSA) is 67.2 Å². The maximum Gasteiger partial charge on any atom is 0.138 e. The first-order valence-electron chi connectivity index (χ1n) is 39.0. The Balaban J connectivity index is 0.000000129. The Kier molecular flexibility index (Phi) is 13.2. The Labute approximate surface area is 651 Å². The van der Waals surface area contributed by atoms with Crippen molar-refractivity contribution in [3.8, 4) is 68.0 Å². The summed E-state index contributed by atoms with van der Waals surface area (Å²) in [6.45, 7) is 0. The van der Waals surface area contributed by atoms with E-state index in [4.69, 9.17) is 15.0 Å².